The van der Waals surface area contributed by atoms with Gasteiger partial charge in [-0.3, -0.25) is 14.9 Å². The van der Waals surface area contributed by atoms with Gasteiger partial charge in [0.15, 0.2) is 0 Å². The summed E-state index contributed by atoms with van der Waals surface area (Å²) in [6, 6.07) is 10.1. The summed E-state index contributed by atoms with van der Waals surface area (Å²) in [5.41, 5.74) is -0.190. The fraction of sp³-hybridized carbons (Fsp3) is 0.125. The number of ether oxygens (including phenoxy) is 2. The minimum absolute atomic E-state index is 0.104. The van der Waals surface area contributed by atoms with Gasteiger partial charge in [-0.05, 0) is 24.3 Å². The smallest absolute Gasteiger partial charge is 0.329 e. The number of hydrogen-bond acceptors (Lipinski definition) is 6. The molecular formula is C16H13ClN2O7. The maximum Gasteiger partial charge on any atom is 0.329 e. The summed E-state index contributed by atoms with van der Waals surface area (Å²) in [6.07, 6.45) is 0. The highest BCUT2D eigenvalue weighted by atomic mass is 35.5. The van der Waals surface area contributed by atoms with Crippen LogP contribution in [0.15, 0.2) is 42.5 Å². The van der Waals surface area contributed by atoms with Crippen LogP contribution in [0.3, 0.4) is 0 Å². The first kappa shape index (κ1) is 19.2. The van der Waals surface area contributed by atoms with Gasteiger partial charge >= 0.3 is 5.97 Å². The minimum atomic E-state index is -1.22. The third-order valence-electron chi connectivity index (χ3n) is 2.89. The number of anilines is 1. The SMILES string of the molecule is O=C(O)COCC(=O)Nc1cc(Oc2ccc(Cl)cc2)cc([N+](=O)[O-])c1. The molecule has 2 aromatic rings. The van der Waals surface area contributed by atoms with Crippen molar-refractivity contribution >= 4 is 34.9 Å². The highest BCUT2D eigenvalue weighted by Gasteiger charge is 2.13. The zero-order valence-corrected chi connectivity index (χ0v) is 13.9. The molecule has 0 bridgehead atoms. The van der Waals surface area contributed by atoms with Crippen LogP contribution >= 0.6 is 11.6 Å². The highest BCUT2D eigenvalue weighted by molar-refractivity contribution is 6.30. The van der Waals surface area contributed by atoms with E-state index < -0.39 is 30.0 Å². The van der Waals surface area contributed by atoms with Crippen molar-refractivity contribution in [2.45, 2.75) is 0 Å². The predicted octanol–water partition coefficient (Wildman–Crippen LogP) is 3.08. The van der Waals surface area contributed by atoms with E-state index in [4.69, 9.17) is 21.4 Å². The summed E-state index contributed by atoms with van der Waals surface area (Å²) in [7, 11) is 0. The Labute approximate surface area is 152 Å². The van der Waals surface area contributed by atoms with Gasteiger partial charge in [0.05, 0.1) is 16.7 Å². The van der Waals surface area contributed by atoms with E-state index in [1.165, 1.54) is 12.1 Å². The number of carboxylic acid groups (broad SMARTS) is 1. The quantitative estimate of drug-likeness (QED) is 0.531. The Hall–Kier alpha value is -3.17. The number of rotatable bonds is 8. The van der Waals surface area contributed by atoms with Crippen molar-refractivity contribution in [1.29, 1.82) is 0 Å². The molecule has 2 aromatic carbocycles. The van der Waals surface area contributed by atoms with Crippen LogP contribution in [0.5, 0.6) is 11.5 Å². The number of amides is 1. The Morgan fingerprint density at radius 2 is 1.81 bits per heavy atom. The average Bonchev–Trinajstić information content (AvgIpc) is 2.56. The van der Waals surface area contributed by atoms with Crippen molar-refractivity contribution in [3.63, 3.8) is 0 Å². The van der Waals surface area contributed by atoms with Crippen LogP contribution in [0, 0.1) is 10.1 Å². The molecule has 2 rings (SSSR count). The Morgan fingerprint density at radius 3 is 2.42 bits per heavy atom. The molecule has 2 N–H and O–H groups in total. The minimum Gasteiger partial charge on any atom is -0.480 e. The number of carbonyl (C=O) groups excluding carboxylic acids is 1. The molecule has 136 valence electrons. The monoisotopic (exact) mass is 380 g/mol. The van der Waals surface area contributed by atoms with Gasteiger partial charge in [-0.1, -0.05) is 11.6 Å². The maximum absolute atomic E-state index is 11.7. The second-order valence-electron chi connectivity index (χ2n) is 4.96. The van der Waals surface area contributed by atoms with Gasteiger partial charge in [0.25, 0.3) is 5.69 Å². The van der Waals surface area contributed by atoms with Crippen LogP contribution in [-0.4, -0.2) is 35.1 Å². The number of non-ortho nitro benzene ring substituents is 1. The number of halogens is 1. The standard InChI is InChI=1S/C16H13ClN2O7/c17-10-1-3-13(4-2-10)26-14-6-11(5-12(7-14)19(23)24)18-15(20)8-25-9-16(21)22/h1-7H,8-9H2,(H,18,20)(H,21,22). The van der Waals surface area contributed by atoms with Crippen LogP contribution in [-0.2, 0) is 14.3 Å². The molecule has 0 radical (unpaired) electrons. The lowest BCUT2D eigenvalue weighted by atomic mass is 10.2. The van der Waals surface area contributed by atoms with Crippen LogP contribution < -0.4 is 10.1 Å². The van der Waals surface area contributed by atoms with Crippen LogP contribution in [0.4, 0.5) is 11.4 Å². The van der Waals surface area contributed by atoms with Crippen molar-refractivity contribution in [2.24, 2.45) is 0 Å². The largest absolute Gasteiger partial charge is 0.480 e. The Kier molecular flexibility index (Phi) is 6.48. The molecule has 0 aliphatic heterocycles. The molecule has 26 heavy (non-hydrogen) atoms. The second kappa shape index (κ2) is 8.79. The number of nitrogens with zero attached hydrogens (tertiary/aromatic N) is 1. The molecule has 0 aliphatic carbocycles. The number of carbonyl (C=O) groups is 2. The van der Waals surface area contributed by atoms with E-state index in [9.17, 15) is 19.7 Å². The lowest BCUT2D eigenvalue weighted by molar-refractivity contribution is -0.384. The first-order chi connectivity index (χ1) is 12.3. The van der Waals surface area contributed by atoms with Gasteiger partial charge in [-0.2, -0.15) is 0 Å². The van der Waals surface area contributed by atoms with Crippen LogP contribution in [0.2, 0.25) is 5.02 Å². The topological polar surface area (TPSA) is 128 Å². The van der Waals surface area contributed by atoms with Crippen molar-refractivity contribution in [2.75, 3.05) is 18.5 Å². The molecule has 0 unspecified atom stereocenters. The van der Waals surface area contributed by atoms with E-state index in [1.807, 2.05) is 0 Å². The first-order valence-electron chi connectivity index (χ1n) is 7.16. The molecule has 0 heterocycles. The molecule has 0 aliphatic rings. The number of aliphatic carboxylic acids is 1. The van der Waals surface area contributed by atoms with Gasteiger partial charge in [-0.15, -0.1) is 0 Å². The van der Waals surface area contributed by atoms with Gasteiger partial charge in [0.2, 0.25) is 5.91 Å². The number of nitro groups is 1. The zero-order chi connectivity index (χ0) is 19.1. The number of nitrogens with one attached hydrogen (secondary N) is 1. The Balaban J connectivity index is 2.14. The van der Waals surface area contributed by atoms with Crippen molar-refractivity contribution in [1.82, 2.24) is 0 Å². The normalized spacial score (nSPS) is 10.2. The van der Waals surface area contributed by atoms with E-state index in [0.29, 0.717) is 10.8 Å². The molecule has 0 spiro atoms. The Bertz CT molecular complexity index is 824. The van der Waals surface area contributed by atoms with E-state index in [1.54, 1.807) is 24.3 Å². The molecule has 0 fully saturated rings. The third kappa shape index (κ3) is 6.04. The first-order valence-corrected chi connectivity index (χ1v) is 7.53. The summed E-state index contributed by atoms with van der Waals surface area (Å²) in [5, 5.41) is 22.4. The molecule has 0 saturated heterocycles. The van der Waals surface area contributed by atoms with Crippen molar-refractivity contribution in [3.8, 4) is 11.5 Å². The van der Waals surface area contributed by atoms with Gasteiger partial charge < -0.3 is 19.9 Å². The molecule has 1 amide bonds. The molecular weight excluding hydrogens is 368 g/mol. The lowest BCUT2D eigenvalue weighted by Crippen LogP contribution is -2.20. The Morgan fingerprint density at radius 1 is 1.12 bits per heavy atom. The van der Waals surface area contributed by atoms with Gasteiger partial charge in [-0.25, -0.2) is 4.79 Å². The van der Waals surface area contributed by atoms with Crippen molar-refractivity contribution < 1.29 is 29.1 Å². The predicted molar refractivity (Wildman–Crippen MR) is 91.7 cm³/mol. The average molecular weight is 381 g/mol. The fourth-order valence-corrected chi connectivity index (χ4v) is 2.01. The zero-order valence-electron chi connectivity index (χ0n) is 13.2. The summed E-state index contributed by atoms with van der Waals surface area (Å²) in [4.78, 5) is 32.5. The number of hydrogen-bond donors (Lipinski definition) is 2. The van der Waals surface area contributed by atoms with E-state index in [-0.39, 0.29) is 17.1 Å². The lowest BCUT2D eigenvalue weighted by Gasteiger charge is -2.09. The fourth-order valence-electron chi connectivity index (χ4n) is 1.89. The number of carboxylic acids is 1. The van der Waals surface area contributed by atoms with Gasteiger partial charge in [0.1, 0.15) is 24.7 Å². The number of nitro benzene ring substituents is 1. The summed E-state index contributed by atoms with van der Waals surface area (Å²) >= 11 is 5.78. The molecule has 10 heteroatoms. The number of benzene rings is 2. The van der Waals surface area contributed by atoms with E-state index in [0.717, 1.165) is 6.07 Å². The summed E-state index contributed by atoms with van der Waals surface area (Å²) in [6.45, 7) is -1.14. The van der Waals surface area contributed by atoms with Gasteiger partial charge in [0, 0.05) is 17.2 Å². The summed E-state index contributed by atoms with van der Waals surface area (Å²) < 4.78 is 10.2. The van der Waals surface area contributed by atoms with E-state index >= 15 is 0 Å². The second-order valence-corrected chi connectivity index (χ2v) is 5.40. The maximum atomic E-state index is 11.7. The summed E-state index contributed by atoms with van der Waals surface area (Å²) in [5.74, 6) is -1.35. The molecule has 0 saturated carbocycles. The molecule has 0 aromatic heterocycles. The van der Waals surface area contributed by atoms with Crippen molar-refractivity contribution in [3.05, 3.63) is 57.6 Å². The van der Waals surface area contributed by atoms with Crippen LogP contribution in [0.1, 0.15) is 0 Å². The highest BCUT2D eigenvalue weighted by Crippen LogP contribution is 2.30. The molecule has 9 nitrogen and oxygen atoms in total. The third-order valence-corrected chi connectivity index (χ3v) is 3.15. The van der Waals surface area contributed by atoms with E-state index in [2.05, 4.69) is 10.1 Å². The molecule has 0 atom stereocenters. The van der Waals surface area contributed by atoms with Crippen LogP contribution in [0.25, 0.3) is 0 Å².